The molecule has 3 heterocycles. The lowest BCUT2D eigenvalue weighted by Gasteiger charge is -2.26. The summed E-state index contributed by atoms with van der Waals surface area (Å²) in [6, 6.07) is 21.7. The van der Waals surface area contributed by atoms with Crippen LogP contribution in [0.15, 0.2) is 84.0 Å². The number of carbonyl (C=O) groups is 1. The molecule has 2 aromatic carbocycles. The summed E-state index contributed by atoms with van der Waals surface area (Å²) >= 11 is 1.71. The maximum atomic E-state index is 13.5. The van der Waals surface area contributed by atoms with Crippen LogP contribution in [-0.4, -0.2) is 46.6 Å². The van der Waals surface area contributed by atoms with Gasteiger partial charge < -0.3 is 18.8 Å². The third-order valence-corrected chi connectivity index (χ3v) is 7.24. The van der Waals surface area contributed by atoms with Crippen LogP contribution in [0.3, 0.4) is 0 Å². The quantitative estimate of drug-likeness (QED) is 0.294. The van der Waals surface area contributed by atoms with Crippen LogP contribution in [0.1, 0.15) is 34.5 Å². The van der Waals surface area contributed by atoms with Crippen LogP contribution in [0.2, 0.25) is 0 Å². The standard InChI is InChI=1S/C28H29N3O3S/c1-33-26-9-3-2-7-22(26)17-31(19-24-8-6-16-34-24)28(32)21-11-13-25(14-12-21)35-20-23-18-30-15-5-4-10-27(30)29-23/h2-5,7,9-15,18,24H,6,8,16-17,19-20H2,1H3. The highest BCUT2D eigenvalue weighted by Gasteiger charge is 2.24. The van der Waals surface area contributed by atoms with Crippen molar-refractivity contribution in [1.82, 2.24) is 14.3 Å². The van der Waals surface area contributed by atoms with E-state index >= 15 is 0 Å². The van der Waals surface area contributed by atoms with Crippen LogP contribution in [0, 0.1) is 0 Å². The first kappa shape index (κ1) is 23.5. The molecule has 2 aromatic heterocycles. The molecule has 1 fully saturated rings. The second-order valence-electron chi connectivity index (χ2n) is 8.64. The van der Waals surface area contributed by atoms with Gasteiger partial charge in [-0.05, 0) is 55.3 Å². The number of carbonyl (C=O) groups excluding carboxylic acids is 1. The van der Waals surface area contributed by atoms with E-state index in [1.165, 1.54) is 0 Å². The fourth-order valence-electron chi connectivity index (χ4n) is 4.38. The zero-order chi connectivity index (χ0) is 24.0. The van der Waals surface area contributed by atoms with Gasteiger partial charge in [0, 0.05) is 53.9 Å². The number of pyridine rings is 1. The van der Waals surface area contributed by atoms with E-state index in [-0.39, 0.29) is 12.0 Å². The Morgan fingerprint density at radius 1 is 1.14 bits per heavy atom. The van der Waals surface area contributed by atoms with Gasteiger partial charge in [-0.1, -0.05) is 24.3 Å². The van der Waals surface area contributed by atoms with E-state index in [1.54, 1.807) is 18.9 Å². The molecular formula is C28H29N3O3S. The van der Waals surface area contributed by atoms with Crippen LogP contribution in [0.5, 0.6) is 5.75 Å². The summed E-state index contributed by atoms with van der Waals surface area (Å²) < 4.78 is 13.4. The number of amides is 1. The molecule has 4 aromatic rings. The summed E-state index contributed by atoms with van der Waals surface area (Å²) in [7, 11) is 1.66. The zero-order valence-corrected chi connectivity index (χ0v) is 20.6. The largest absolute Gasteiger partial charge is 0.496 e. The Morgan fingerprint density at radius 2 is 1.97 bits per heavy atom. The lowest BCUT2D eigenvalue weighted by atomic mass is 10.1. The minimum Gasteiger partial charge on any atom is -0.496 e. The molecule has 0 saturated carbocycles. The molecular weight excluding hydrogens is 458 g/mol. The van der Waals surface area contributed by atoms with Crippen molar-refractivity contribution < 1.29 is 14.3 Å². The Morgan fingerprint density at radius 3 is 2.74 bits per heavy atom. The Labute approximate surface area is 209 Å². The fraction of sp³-hybridized carbons (Fsp3) is 0.286. The molecule has 180 valence electrons. The van der Waals surface area contributed by atoms with E-state index in [0.717, 1.165) is 52.8 Å². The third kappa shape index (κ3) is 5.69. The van der Waals surface area contributed by atoms with Gasteiger partial charge in [0.25, 0.3) is 5.91 Å². The maximum absolute atomic E-state index is 13.5. The SMILES string of the molecule is COc1ccccc1CN(CC1CCCO1)C(=O)c1ccc(SCc2cn3ccccc3n2)cc1. The van der Waals surface area contributed by atoms with Crippen molar-refractivity contribution in [3.05, 3.63) is 95.9 Å². The molecule has 1 atom stereocenters. The molecule has 0 bridgehead atoms. The first-order valence-electron chi connectivity index (χ1n) is 11.9. The van der Waals surface area contributed by atoms with E-state index in [9.17, 15) is 4.79 Å². The monoisotopic (exact) mass is 487 g/mol. The first-order chi connectivity index (χ1) is 17.2. The summed E-state index contributed by atoms with van der Waals surface area (Å²) in [5, 5.41) is 0. The number of benzene rings is 2. The number of nitrogens with zero attached hydrogens (tertiary/aromatic N) is 3. The minimum atomic E-state index is 0.00306. The molecule has 1 aliphatic heterocycles. The van der Waals surface area contributed by atoms with Gasteiger partial charge in [0.15, 0.2) is 0 Å². The number of hydrogen-bond donors (Lipinski definition) is 0. The van der Waals surface area contributed by atoms with E-state index in [0.29, 0.717) is 18.7 Å². The normalized spacial score (nSPS) is 15.4. The number of fused-ring (bicyclic) bond motifs is 1. The molecule has 35 heavy (non-hydrogen) atoms. The first-order valence-corrected chi connectivity index (χ1v) is 12.9. The summed E-state index contributed by atoms with van der Waals surface area (Å²) in [4.78, 5) is 21.2. The summed E-state index contributed by atoms with van der Waals surface area (Å²) in [5.74, 6) is 1.56. The smallest absolute Gasteiger partial charge is 0.254 e. The van der Waals surface area contributed by atoms with Crippen molar-refractivity contribution in [3.63, 3.8) is 0 Å². The summed E-state index contributed by atoms with van der Waals surface area (Å²) in [6.45, 7) is 1.81. The van der Waals surface area contributed by atoms with Crippen molar-refractivity contribution in [1.29, 1.82) is 0 Å². The Balaban J connectivity index is 1.28. The highest BCUT2D eigenvalue weighted by atomic mass is 32.2. The van der Waals surface area contributed by atoms with Crippen molar-refractivity contribution in [2.45, 2.75) is 36.1 Å². The van der Waals surface area contributed by atoms with Crippen molar-refractivity contribution in [2.24, 2.45) is 0 Å². The predicted molar refractivity (Wildman–Crippen MR) is 138 cm³/mol. The predicted octanol–water partition coefficient (Wildman–Crippen LogP) is 5.46. The highest BCUT2D eigenvalue weighted by Crippen LogP contribution is 2.25. The molecule has 0 N–H and O–H groups in total. The van der Waals surface area contributed by atoms with Gasteiger partial charge in [-0.2, -0.15) is 0 Å². The molecule has 5 rings (SSSR count). The van der Waals surface area contributed by atoms with Crippen molar-refractivity contribution >= 4 is 23.3 Å². The number of methoxy groups -OCH3 is 1. The number of imidazole rings is 1. The molecule has 1 aliphatic rings. The fourth-order valence-corrected chi connectivity index (χ4v) is 5.17. The number of rotatable bonds is 9. The summed E-state index contributed by atoms with van der Waals surface area (Å²) in [5.41, 5.74) is 3.64. The van der Waals surface area contributed by atoms with Gasteiger partial charge in [-0.3, -0.25) is 4.79 Å². The number of para-hydroxylation sites is 1. The lowest BCUT2D eigenvalue weighted by molar-refractivity contribution is 0.0505. The van der Waals surface area contributed by atoms with Gasteiger partial charge in [-0.25, -0.2) is 4.98 Å². The Hall–Kier alpha value is -3.29. The lowest BCUT2D eigenvalue weighted by Crippen LogP contribution is -2.37. The van der Waals surface area contributed by atoms with Crippen molar-refractivity contribution in [2.75, 3.05) is 20.3 Å². The van der Waals surface area contributed by atoms with E-state index < -0.39 is 0 Å². The van der Waals surface area contributed by atoms with Crippen molar-refractivity contribution in [3.8, 4) is 5.75 Å². The maximum Gasteiger partial charge on any atom is 0.254 e. The molecule has 0 spiro atoms. The minimum absolute atomic E-state index is 0.00306. The molecule has 6 nitrogen and oxygen atoms in total. The van der Waals surface area contributed by atoms with Gasteiger partial charge in [0.05, 0.1) is 18.9 Å². The number of aromatic nitrogens is 2. The molecule has 1 amide bonds. The van der Waals surface area contributed by atoms with Crippen LogP contribution >= 0.6 is 11.8 Å². The van der Waals surface area contributed by atoms with Gasteiger partial charge in [0.2, 0.25) is 0 Å². The van der Waals surface area contributed by atoms with E-state index in [2.05, 4.69) is 11.2 Å². The molecule has 0 aliphatic carbocycles. The van der Waals surface area contributed by atoms with E-state index in [4.69, 9.17) is 9.47 Å². The van der Waals surface area contributed by atoms with Gasteiger partial charge in [0.1, 0.15) is 11.4 Å². The second kappa shape index (κ2) is 11.0. The molecule has 0 radical (unpaired) electrons. The third-order valence-electron chi connectivity index (χ3n) is 6.19. The van der Waals surface area contributed by atoms with Crippen LogP contribution < -0.4 is 4.74 Å². The Kier molecular flexibility index (Phi) is 7.35. The van der Waals surface area contributed by atoms with Crippen LogP contribution in [0.4, 0.5) is 0 Å². The molecule has 7 heteroatoms. The average Bonchev–Trinajstić information content (AvgIpc) is 3.57. The topological polar surface area (TPSA) is 56.1 Å². The van der Waals surface area contributed by atoms with Crippen LogP contribution in [-0.2, 0) is 17.0 Å². The van der Waals surface area contributed by atoms with Crippen LogP contribution in [0.25, 0.3) is 5.65 Å². The Bertz CT molecular complexity index is 1250. The second-order valence-corrected chi connectivity index (χ2v) is 9.69. The zero-order valence-electron chi connectivity index (χ0n) is 19.8. The highest BCUT2D eigenvalue weighted by molar-refractivity contribution is 7.98. The molecule has 1 unspecified atom stereocenters. The van der Waals surface area contributed by atoms with E-state index in [1.807, 2.05) is 82.2 Å². The van der Waals surface area contributed by atoms with Gasteiger partial charge in [-0.15, -0.1) is 11.8 Å². The number of thioether (sulfide) groups is 1. The molecule has 1 saturated heterocycles. The average molecular weight is 488 g/mol. The number of hydrogen-bond acceptors (Lipinski definition) is 5. The number of ether oxygens (including phenoxy) is 2. The van der Waals surface area contributed by atoms with Gasteiger partial charge >= 0.3 is 0 Å². The summed E-state index contributed by atoms with van der Waals surface area (Å²) in [6.07, 6.45) is 6.16.